The molecular formula is C22H23F2NO6S. The standard InChI is InChI=1S/C22H23F2NO6S/c1-14(18-12-16(23)2-4-19(18)24)31-22(26)15-6-8-25(9-7-15)32(27,28)17-3-5-20-21(13-17)30-11-10-29-20/h2-5,12-15H,6-11H2,1H3. The van der Waals surface area contributed by atoms with Crippen LogP contribution in [0.15, 0.2) is 41.3 Å². The van der Waals surface area contributed by atoms with Crippen LogP contribution in [-0.2, 0) is 19.6 Å². The molecule has 1 saturated heterocycles. The SMILES string of the molecule is CC(OC(=O)C1CCN(S(=O)(=O)c2ccc3c(c2)OCCO3)CC1)c1cc(F)ccc1F. The first-order chi connectivity index (χ1) is 15.3. The van der Waals surface area contributed by atoms with Gasteiger partial charge >= 0.3 is 5.97 Å². The number of carbonyl (C=O) groups is 1. The molecule has 2 aromatic rings. The summed E-state index contributed by atoms with van der Waals surface area (Å²) in [6, 6.07) is 7.45. The maximum absolute atomic E-state index is 13.9. The third kappa shape index (κ3) is 4.56. The maximum Gasteiger partial charge on any atom is 0.309 e. The maximum atomic E-state index is 13.9. The van der Waals surface area contributed by atoms with Crippen LogP contribution in [0.5, 0.6) is 11.5 Å². The largest absolute Gasteiger partial charge is 0.486 e. The Morgan fingerprint density at radius 3 is 2.47 bits per heavy atom. The van der Waals surface area contributed by atoms with Crippen molar-refractivity contribution in [3.63, 3.8) is 0 Å². The van der Waals surface area contributed by atoms with Gasteiger partial charge in [-0.25, -0.2) is 17.2 Å². The van der Waals surface area contributed by atoms with Crippen LogP contribution in [-0.4, -0.2) is 45.0 Å². The van der Waals surface area contributed by atoms with Gasteiger partial charge in [-0.15, -0.1) is 0 Å². The zero-order valence-electron chi connectivity index (χ0n) is 17.4. The number of ether oxygens (including phenoxy) is 3. The van der Waals surface area contributed by atoms with Crippen LogP contribution in [0, 0.1) is 17.6 Å². The first kappa shape index (κ1) is 22.5. The molecule has 2 aliphatic heterocycles. The summed E-state index contributed by atoms with van der Waals surface area (Å²) >= 11 is 0. The quantitative estimate of drug-likeness (QED) is 0.627. The predicted molar refractivity (Wildman–Crippen MR) is 110 cm³/mol. The lowest BCUT2D eigenvalue weighted by Gasteiger charge is -2.31. The Kier molecular flexibility index (Phi) is 6.34. The van der Waals surface area contributed by atoms with E-state index >= 15 is 0 Å². The van der Waals surface area contributed by atoms with Gasteiger partial charge in [0.2, 0.25) is 10.0 Å². The minimum Gasteiger partial charge on any atom is -0.486 e. The van der Waals surface area contributed by atoms with Crippen LogP contribution in [0.1, 0.15) is 31.4 Å². The van der Waals surface area contributed by atoms with Crippen LogP contribution in [0.25, 0.3) is 0 Å². The summed E-state index contributed by atoms with van der Waals surface area (Å²) < 4.78 is 70.9. The second-order valence-corrected chi connectivity index (χ2v) is 9.67. The molecule has 32 heavy (non-hydrogen) atoms. The van der Waals surface area contributed by atoms with Crippen LogP contribution < -0.4 is 9.47 Å². The van der Waals surface area contributed by atoms with Crippen molar-refractivity contribution in [1.29, 1.82) is 0 Å². The molecule has 172 valence electrons. The molecule has 0 N–H and O–H groups in total. The van der Waals surface area contributed by atoms with Gasteiger partial charge in [0.1, 0.15) is 31.0 Å². The van der Waals surface area contributed by atoms with Gasteiger partial charge in [-0.2, -0.15) is 4.31 Å². The van der Waals surface area contributed by atoms with Crippen molar-refractivity contribution in [3.8, 4) is 11.5 Å². The fourth-order valence-electron chi connectivity index (χ4n) is 3.83. The molecule has 1 unspecified atom stereocenters. The number of nitrogens with zero attached hydrogens (tertiary/aromatic N) is 1. The summed E-state index contributed by atoms with van der Waals surface area (Å²) in [5.41, 5.74) is -0.0445. The van der Waals surface area contributed by atoms with Gasteiger partial charge in [0.05, 0.1) is 10.8 Å². The van der Waals surface area contributed by atoms with E-state index in [2.05, 4.69) is 0 Å². The summed E-state index contributed by atoms with van der Waals surface area (Å²) in [4.78, 5) is 12.6. The third-order valence-corrected chi connectivity index (χ3v) is 7.52. The molecule has 7 nitrogen and oxygen atoms in total. The van der Waals surface area contributed by atoms with Gasteiger partial charge in [0.25, 0.3) is 0 Å². The highest BCUT2D eigenvalue weighted by atomic mass is 32.2. The fraction of sp³-hybridized carbons (Fsp3) is 0.409. The van der Waals surface area contributed by atoms with Crippen LogP contribution >= 0.6 is 0 Å². The molecule has 0 saturated carbocycles. The molecule has 0 bridgehead atoms. The van der Waals surface area contributed by atoms with Crippen molar-refractivity contribution in [3.05, 3.63) is 53.6 Å². The van der Waals surface area contributed by atoms with E-state index in [1.165, 1.54) is 23.4 Å². The molecule has 2 aliphatic rings. The molecule has 10 heteroatoms. The summed E-state index contributed by atoms with van der Waals surface area (Å²) in [7, 11) is -3.77. The highest BCUT2D eigenvalue weighted by Crippen LogP contribution is 2.34. The minimum atomic E-state index is -3.77. The monoisotopic (exact) mass is 467 g/mol. The lowest BCUT2D eigenvalue weighted by molar-refractivity contribution is -0.155. The van der Waals surface area contributed by atoms with Crippen molar-refractivity contribution in [1.82, 2.24) is 4.31 Å². The highest BCUT2D eigenvalue weighted by molar-refractivity contribution is 7.89. The molecule has 0 aliphatic carbocycles. The second kappa shape index (κ2) is 9.03. The molecule has 2 heterocycles. The first-order valence-electron chi connectivity index (χ1n) is 10.3. The molecule has 0 aromatic heterocycles. The topological polar surface area (TPSA) is 82.1 Å². The molecule has 2 aromatic carbocycles. The summed E-state index contributed by atoms with van der Waals surface area (Å²) in [5, 5.41) is 0. The Balaban J connectivity index is 1.38. The fourth-order valence-corrected chi connectivity index (χ4v) is 5.31. The smallest absolute Gasteiger partial charge is 0.309 e. The number of piperidine rings is 1. The Hall–Kier alpha value is -2.72. The number of sulfonamides is 1. The normalized spacial score (nSPS) is 18.2. The number of esters is 1. The van der Waals surface area contributed by atoms with E-state index in [-0.39, 0.29) is 36.4 Å². The van der Waals surface area contributed by atoms with Crippen molar-refractivity contribution in [2.24, 2.45) is 5.92 Å². The number of benzene rings is 2. The zero-order valence-corrected chi connectivity index (χ0v) is 18.2. The van der Waals surface area contributed by atoms with E-state index < -0.39 is 39.6 Å². The minimum absolute atomic E-state index is 0.0445. The first-order valence-corrected chi connectivity index (χ1v) is 11.7. The van der Waals surface area contributed by atoms with Crippen LogP contribution in [0.3, 0.4) is 0 Å². The van der Waals surface area contributed by atoms with Crippen molar-refractivity contribution < 1.29 is 36.2 Å². The molecule has 4 rings (SSSR count). The lowest BCUT2D eigenvalue weighted by atomic mass is 9.98. The average Bonchev–Trinajstić information content (AvgIpc) is 2.80. The molecule has 0 amide bonds. The third-order valence-electron chi connectivity index (χ3n) is 5.63. The molecular weight excluding hydrogens is 444 g/mol. The molecule has 0 spiro atoms. The Morgan fingerprint density at radius 2 is 1.75 bits per heavy atom. The average molecular weight is 467 g/mol. The summed E-state index contributed by atoms with van der Waals surface area (Å²) in [5.74, 6) is -1.48. The number of halogens is 2. The van der Waals surface area contributed by atoms with E-state index in [4.69, 9.17) is 14.2 Å². The Labute approximate surface area is 184 Å². The van der Waals surface area contributed by atoms with Gasteiger partial charge in [-0.05, 0) is 50.1 Å². The van der Waals surface area contributed by atoms with Gasteiger partial charge in [-0.3, -0.25) is 4.79 Å². The molecule has 0 radical (unpaired) electrons. The number of hydrogen-bond acceptors (Lipinski definition) is 6. The number of hydrogen-bond donors (Lipinski definition) is 0. The Morgan fingerprint density at radius 1 is 1.06 bits per heavy atom. The molecule has 1 fully saturated rings. The van der Waals surface area contributed by atoms with Crippen molar-refractivity contribution >= 4 is 16.0 Å². The summed E-state index contributed by atoms with van der Waals surface area (Å²) in [6.07, 6.45) is -0.431. The number of carbonyl (C=O) groups excluding carboxylic acids is 1. The zero-order chi connectivity index (χ0) is 22.9. The van der Waals surface area contributed by atoms with E-state index in [9.17, 15) is 22.0 Å². The van der Waals surface area contributed by atoms with E-state index in [0.717, 1.165) is 18.2 Å². The summed E-state index contributed by atoms with van der Waals surface area (Å²) in [6.45, 7) is 2.50. The van der Waals surface area contributed by atoms with E-state index in [1.807, 2.05) is 0 Å². The second-order valence-electron chi connectivity index (χ2n) is 7.73. The van der Waals surface area contributed by atoms with Crippen molar-refractivity contribution in [2.75, 3.05) is 26.3 Å². The number of rotatable bonds is 5. The van der Waals surface area contributed by atoms with Gasteiger partial charge in [-0.1, -0.05) is 0 Å². The van der Waals surface area contributed by atoms with Gasteiger partial charge in [0, 0.05) is 24.7 Å². The van der Waals surface area contributed by atoms with Gasteiger partial charge < -0.3 is 14.2 Å². The highest BCUT2D eigenvalue weighted by Gasteiger charge is 2.34. The number of fused-ring (bicyclic) bond motifs is 1. The lowest BCUT2D eigenvalue weighted by Crippen LogP contribution is -2.40. The van der Waals surface area contributed by atoms with Gasteiger partial charge in [0.15, 0.2) is 11.5 Å². The van der Waals surface area contributed by atoms with Crippen molar-refractivity contribution in [2.45, 2.75) is 30.8 Å². The Bertz CT molecular complexity index is 1120. The molecule has 1 atom stereocenters. The van der Waals surface area contributed by atoms with Crippen LogP contribution in [0.2, 0.25) is 0 Å². The van der Waals surface area contributed by atoms with E-state index in [1.54, 1.807) is 6.07 Å². The predicted octanol–water partition coefficient (Wildman–Crippen LogP) is 3.44. The van der Waals surface area contributed by atoms with Crippen LogP contribution in [0.4, 0.5) is 8.78 Å². The van der Waals surface area contributed by atoms with E-state index in [0.29, 0.717) is 24.7 Å².